The highest BCUT2D eigenvalue weighted by molar-refractivity contribution is 7.92. The zero-order valence-electron chi connectivity index (χ0n) is 9.54. The van der Waals surface area contributed by atoms with E-state index in [9.17, 15) is 13.2 Å². The summed E-state index contributed by atoms with van der Waals surface area (Å²) in [5, 5.41) is 11.1. The maximum absolute atomic E-state index is 11.6. The molecule has 98 valence electrons. The number of carbonyl (C=O) groups is 1. The molecule has 2 N–H and O–H groups in total. The summed E-state index contributed by atoms with van der Waals surface area (Å²) in [6.07, 6.45) is 3.76. The van der Waals surface area contributed by atoms with Crippen LogP contribution in [0.3, 0.4) is 0 Å². The normalized spacial score (nSPS) is 21.7. The number of aromatic nitrogens is 2. The summed E-state index contributed by atoms with van der Waals surface area (Å²) in [5.41, 5.74) is -0.144. The van der Waals surface area contributed by atoms with Gasteiger partial charge in [-0.3, -0.25) is 0 Å². The lowest BCUT2D eigenvalue weighted by Gasteiger charge is -2.10. The molecule has 0 aromatic carbocycles. The fourth-order valence-electron chi connectivity index (χ4n) is 1.84. The molecule has 1 atom stereocenters. The Morgan fingerprint density at radius 1 is 1.44 bits per heavy atom. The van der Waals surface area contributed by atoms with E-state index >= 15 is 0 Å². The zero-order valence-corrected chi connectivity index (χ0v) is 10.4. The van der Waals surface area contributed by atoms with Gasteiger partial charge in [-0.1, -0.05) is 0 Å². The summed E-state index contributed by atoms with van der Waals surface area (Å²) in [5.74, 6) is -0.530. The Balaban J connectivity index is 1.96. The lowest BCUT2D eigenvalue weighted by Crippen LogP contribution is -2.25. The quantitative estimate of drug-likeness (QED) is 0.802. The predicted molar refractivity (Wildman–Crippen MR) is 64.3 cm³/mol. The van der Waals surface area contributed by atoms with Gasteiger partial charge < -0.3 is 10.4 Å². The van der Waals surface area contributed by atoms with Gasteiger partial charge in [0.05, 0.1) is 23.4 Å². The van der Waals surface area contributed by atoms with Crippen molar-refractivity contribution in [3.05, 3.63) is 18.1 Å². The van der Waals surface area contributed by atoms with Crippen molar-refractivity contribution in [1.29, 1.82) is 0 Å². The minimum Gasteiger partial charge on any atom is -0.476 e. The third kappa shape index (κ3) is 2.76. The fourth-order valence-corrected chi connectivity index (χ4v) is 3.60. The Kier molecular flexibility index (Phi) is 3.46. The number of aromatic carboxylic acids is 1. The van der Waals surface area contributed by atoms with Crippen LogP contribution in [-0.2, 0) is 9.84 Å². The molecular formula is C10H13N3O4S. The summed E-state index contributed by atoms with van der Waals surface area (Å²) in [6.45, 7) is 0.281. The average molecular weight is 271 g/mol. The molecule has 0 bridgehead atoms. The van der Waals surface area contributed by atoms with Crippen LogP contribution in [0.25, 0.3) is 0 Å². The molecule has 2 heterocycles. The molecule has 1 unspecified atom stereocenters. The molecule has 0 aliphatic carbocycles. The second kappa shape index (κ2) is 4.89. The molecule has 2 rings (SSSR count). The summed E-state index contributed by atoms with van der Waals surface area (Å²) in [6, 6.07) is 0. The summed E-state index contributed by atoms with van der Waals surface area (Å²) in [7, 11) is -2.98. The lowest BCUT2D eigenvalue weighted by atomic mass is 10.2. The highest BCUT2D eigenvalue weighted by atomic mass is 32.2. The van der Waals surface area contributed by atoms with Gasteiger partial charge in [0.15, 0.2) is 15.5 Å². The van der Waals surface area contributed by atoms with Crippen LogP contribution in [0, 0.1) is 0 Å². The summed E-state index contributed by atoms with van der Waals surface area (Å²) < 4.78 is 23.1. The van der Waals surface area contributed by atoms with Crippen molar-refractivity contribution in [3.63, 3.8) is 0 Å². The van der Waals surface area contributed by atoms with Crippen molar-refractivity contribution in [3.8, 4) is 0 Å². The number of rotatable bonds is 4. The second-order valence-electron chi connectivity index (χ2n) is 4.10. The first-order valence-corrected chi connectivity index (χ1v) is 7.21. The molecule has 1 aliphatic rings. The van der Waals surface area contributed by atoms with Crippen molar-refractivity contribution < 1.29 is 18.3 Å². The Labute approximate surface area is 104 Å². The number of anilines is 1. The van der Waals surface area contributed by atoms with Crippen molar-refractivity contribution in [2.45, 2.75) is 18.1 Å². The largest absolute Gasteiger partial charge is 0.476 e. The van der Waals surface area contributed by atoms with E-state index in [1.54, 1.807) is 0 Å². The summed E-state index contributed by atoms with van der Waals surface area (Å²) >= 11 is 0. The average Bonchev–Trinajstić information content (AvgIpc) is 2.66. The molecule has 0 radical (unpaired) electrons. The molecule has 1 saturated heterocycles. The number of sulfone groups is 1. The van der Waals surface area contributed by atoms with Crippen LogP contribution in [-0.4, -0.2) is 47.0 Å². The van der Waals surface area contributed by atoms with E-state index in [0.29, 0.717) is 18.7 Å². The van der Waals surface area contributed by atoms with E-state index in [4.69, 9.17) is 5.11 Å². The summed E-state index contributed by atoms with van der Waals surface area (Å²) in [4.78, 5) is 18.1. The van der Waals surface area contributed by atoms with Crippen LogP contribution in [0.1, 0.15) is 23.3 Å². The van der Waals surface area contributed by atoms with Crippen LogP contribution < -0.4 is 5.32 Å². The van der Waals surface area contributed by atoms with E-state index in [1.165, 1.54) is 6.20 Å². The van der Waals surface area contributed by atoms with Gasteiger partial charge in [-0.05, 0) is 12.8 Å². The molecular weight excluding hydrogens is 258 g/mol. The van der Waals surface area contributed by atoms with E-state index in [1.807, 2.05) is 0 Å². The molecule has 1 aromatic heterocycles. The van der Waals surface area contributed by atoms with Gasteiger partial charge in [-0.15, -0.1) is 0 Å². The van der Waals surface area contributed by atoms with Gasteiger partial charge in [0.25, 0.3) is 0 Å². The van der Waals surface area contributed by atoms with Crippen LogP contribution >= 0.6 is 0 Å². The SMILES string of the molecule is O=C(O)c1cnc(NCC2CCCS2(=O)=O)cn1. The van der Waals surface area contributed by atoms with E-state index in [2.05, 4.69) is 15.3 Å². The maximum Gasteiger partial charge on any atom is 0.356 e. The van der Waals surface area contributed by atoms with Gasteiger partial charge in [-0.25, -0.2) is 23.2 Å². The number of nitrogens with zero attached hydrogens (tertiary/aromatic N) is 2. The molecule has 18 heavy (non-hydrogen) atoms. The fraction of sp³-hybridized carbons (Fsp3) is 0.500. The first kappa shape index (κ1) is 12.7. The van der Waals surface area contributed by atoms with Crippen molar-refractivity contribution in [1.82, 2.24) is 9.97 Å². The number of carboxylic acid groups (broad SMARTS) is 1. The van der Waals surface area contributed by atoms with E-state index in [-0.39, 0.29) is 18.0 Å². The van der Waals surface area contributed by atoms with Gasteiger partial charge >= 0.3 is 5.97 Å². The molecule has 0 spiro atoms. The van der Waals surface area contributed by atoms with Crippen LogP contribution in [0.15, 0.2) is 12.4 Å². The topological polar surface area (TPSA) is 109 Å². The Bertz CT molecular complexity index is 541. The van der Waals surface area contributed by atoms with E-state index in [0.717, 1.165) is 6.20 Å². The Morgan fingerprint density at radius 2 is 2.22 bits per heavy atom. The third-order valence-electron chi connectivity index (χ3n) is 2.84. The van der Waals surface area contributed by atoms with Gasteiger partial charge in [-0.2, -0.15) is 0 Å². The highest BCUT2D eigenvalue weighted by Gasteiger charge is 2.30. The van der Waals surface area contributed by atoms with Crippen molar-refractivity contribution in [2.75, 3.05) is 17.6 Å². The van der Waals surface area contributed by atoms with Gasteiger partial charge in [0.2, 0.25) is 0 Å². The number of nitrogens with one attached hydrogen (secondary N) is 1. The third-order valence-corrected chi connectivity index (χ3v) is 5.12. The molecule has 0 saturated carbocycles. The lowest BCUT2D eigenvalue weighted by molar-refractivity contribution is 0.0690. The van der Waals surface area contributed by atoms with E-state index < -0.39 is 21.1 Å². The first-order chi connectivity index (χ1) is 8.49. The Morgan fingerprint density at radius 3 is 2.72 bits per heavy atom. The molecule has 7 nitrogen and oxygen atoms in total. The van der Waals surface area contributed by atoms with Gasteiger partial charge in [0, 0.05) is 6.54 Å². The predicted octanol–water partition coefficient (Wildman–Crippen LogP) is 0.164. The van der Waals surface area contributed by atoms with Gasteiger partial charge in [0.1, 0.15) is 5.82 Å². The smallest absolute Gasteiger partial charge is 0.356 e. The minimum absolute atomic E-state index is 0.144. The monoisotopic (exact) mass is 271 g/mol. The molecule has 1 aromatic rings. The first-order valence-electron chi connectivity index (χ1n) is 5.50. The van der Waals surface area contributed by atoms with Crippen LogP contribution in [0.2, 0.25) is 0 Å². The maximum atomic E-state index is 11.6. The van der Waals surface area contributed by atoms with Crippen molar-refractivity contribution in [2.24, 2.45) is 0 Å². The molecule has 8 heteroatoms. The molecule has 1 fully saturated rings. The standard InChI is InChI=1S/C10H13N3O4S/c14-10(15)8-5-13-9(6-11-8)12-4-7-2-1-3-18(7,16)17/h5-7H,1-4H2,(H,12,13)(H,14,15). The number of hydrogen-bond acceptors (Lipinski definition) is 6. The van der Waals surface area contributed by atoms with Crippen LogP contribution in [0.5, 0.6) is 0 Å². The number of carboxylic acids is 1. The zero-order chi connectivity index (χ0) is 13.2. The molecule has 1 aliphatic heterocycles. The second-order valence-corrected chi connectivity index (χ2v) is 6.50. The minimum atomic E-state index is -2.98. The van der Waals surface area contributed by atoms with Crippen molar-refractivity contribution >= 4 is 21.6 Å². The molecule has 0 amide bonds. The number of hydrogen-bond donors (Lipinski definition) is 2. The Hall–Kier alpha value is -1.70. The van der Waals surface area contributed by atoms with Crippen LogP contribution in [0.4, 0.5) is 5.82 Å². The highest BCUT2D eigenvalue weighted by Crippen LogP contribution is 2.20.